The van der Waals surface area contributed by atoms with Crippen molar-refractivity contribution in [3.8, 4) is 0 Å². The molecule has 3 nitrogen and oxygen atoms in total. The van der Waals surface area contributed by atoms with E-state index in [1.807, 2.05) is 18.2 Å². The van der Waals surface area contributed by atoms with Crippen molar-refractivity contribution in [2.24, 2.45) is 4.99 Å². The first-order valence-electron chi connectivity index (χ1n) is 5.94. The third-order valence-corrected chi connectivity index (χ3v) is 3.35. The van der Waals surface area contributed by atoms with E-state index in [1.54, 1.807) is 7.05 Å². The van der Waals surface area contributed by atoms with Crippen LogP contribution in [-0.4, -0.2) is 25.6 Å². The van der Waals surface area contributed by atoms with E-state index in [2.05, 4.69) is 45.4 Å². The van der Waals surface area contributed by atoms with Gasteiger partial charge in [0.2, 0.25) is 0 Å². The second kappa shape index (κ2) is 9.83. The van der Waals surface area contributed by atoms with Gasteiger partial charge >= 0.3 is 0 Å². The van der Waals surface area contributed by atoms with Gasteiger partial charge in [-0.25, -0.2) is 0 Å². The van der Waals surface area contributed by atoms with Crippen LogP contribution in [0.5, 0.6) is 0 Å². The average molecular weight is 461 g/mol. The minimum absolute atomic E-state index is 0. The number of nitrogens with one attached hydrogen (secondary N) is 2. The third kappa shape index (κ3) is 7.37. The SMILES string of the molecule is CN=C(NCCc1cc(Cl)ccc1Br)NC(C)C.I. The van der Waals surface area contributed by atoms with Crippen LogP contribution in [0.3, 0.4) is 0 Å². The van der Waals surface area contributed by atoms with Crippen LogP contribution in [0, 0.1) is 0 Å². The van der Waals surface area contributed by atoms with Crippen molar-refractivity contribution in [1.29, 1.82) is 0 Å². The molecule has 0 aliphatic heterocycles. The van der Waals surface area contributed by atoms with Crippen molar-refractivity contribution in [3.63, 3.8) is 0 Å². The lowest BCUT2D eigenvalue weighted by Crippen LogP contribution is -2.41. The molecular weight excluding hydrogens is 440 g/mol. The fourth-order valence-corrected chi connectivity index (χ4v) is 2.16. The molecule has 2 N–H and O–H groups in total. The van der Waals surface area contributed by atoms with E-state index in [0.717, 1.165) is 28.4 Å². The van der Waals surface area contributed by atoms with Crippen LogP contribution in [0.2, 0.25) is 5.02 Å². The van der Waals surface area contributed by atoms with E-state index in [4.69, 9.17) is 11.6 Å². The molecule has 19 heavy (non-hydrogen) atoms. The summed E-state index contributed by atoms with van der Waals surface area (Å²) in [6.07, 6.45) is 0.889. The van der Waals surface area contributed by atoms with Crippen LogP contribution >= 0.6 is 51.5 Å². The first kappa shape index (κ1) is 19.0. The van der Waals surface area contributed by atoms with Gasteiger partial charge in [-0.05, 0) is 44.0 Å². The highest BCUT2D eigenvalue weighted by molar-refractivity contribution is 14.0. The Bertz CT molecular complexity index is 424. The van der Waals surface area contributed by atoms with Gasteiger partial charge in [-0.1, -0.05) is 27.5 Å². The summed E-state index contributed by atoms with van der Waals surface area (Å²) in [6, 6.07) is 6.20. The third-order valence-electron chi connectivity index (χ3n) is 2.34. The summed E-state index contributed by atoms with van der Waals surface area (Å²) in [4.78, 5) is 4.16. The van der Waals surface area contributed by atoms with Crippen molar-refractivity contribution in [2.45, 2.75) is 26.3 Å². The van der Waals surface area contributed by atoms with Crippen molar-refractivity contribution < 1.29 is 0 Å². The van der Waals surface area contributed by atoms with Gasteiger partial charge in [0.1, 0.15) is 0 Å². The minimum Gasteiger partial charge on any atom is -0.356 e. The number of nitrogens with zero attached hydrogens (tertiary/aromatic N) is 1. The predicted molar refractivity (Wildman–Crippen MR) is 97.9 cm³/mol. The number of benzene rings is 1. The summed E-state index contributed by atoms with van der Waals surface area (Å²) >= 11 is 9.50. The number of halogens is 3. The highest BCUT2D eigenvalue weighted by Crippen LogP contribution is 2.21. The highest BCUT2D eigenvalue weighted by atomic mass is 127. The van der Waals surface area contributed by atoms with Gasteiger partial charge in [0, 0.05) is 29.1 Å². The summed E-state index contributed by atoms with van der Waals surface area (Å²) in [5.74, 6) is 0.822. The Morgan fingerprint density at radius 2 is 2.11 bits per heavy atom. The zero-order valence-electron chi connectivity index (χ0n) is 11.3. The number of rotatable bonds is 4. The fourth-order valence-electron chi connectivity index (χ4n) is 1.52. The molecule has 0 spiro atoms. The van der Waals surface area contributed by atoms with Crippen LogP contribution < -0.4 is 10.6 Å². The molecule has 6 heteroatoms. The summed E-state index contributed by atoms with van der Waals surface area (Å²) < 4.78 is 1.08. The van der Waals surface area contributed by atoms with Gasteiger partial charge in [-0.3, -0.25) is 4.99 Å². The van der Waals surface area contributed by atoms with E-state index in [0.29, 0.717) is 6.04 Å². The average Bonchev–Trinajstić information content (AvgIpc) is 2.31. The quantitative estimate of drug-likeness (QED) is 0.407. The van der Waals surface area contributed by atoms with Crippen molar-refractivity contribution in [1.82, 2.24) is 10.6 Å². The zero-order valence-corrected chi connectivity index (χ0v) is 16.0. The number of aliphatic imine (C=N–C) groups is 1. The molecule has 108 valence electrons. The monoisotopic (exact) mass is 459 g/mol. The summed E-state index contributed by atoms with van der Waals surface area (Å²) in [5.41, 5.74) is 1.19. The summed E-state index contributed by atoms with van der Waals surface area (Å²) in [6.45, 7) is 4.98. The van der Waals surface area contributed by atoms with Gasteiger partial charge in [0.15, 0.2) is 5.96 Å². The molecule has 0 aliphatic carbocycles. The standard InChI is InChI=1S/C13H19BrClN3.HI/c1-9(2)18-13(16-3)17-7-6-10-8-11(15)4-5-12(10)14;/h4-5,8-9H,6-7H2,1-3H3,(H2,16,17,18);1H. The topological polar surface area (TPSA) is 36.4 Å². The minimum atomic E-state index is 0. The van der Waals surface area contributed by atoms with Crippen LogP contribution in [0.15, 0.2) is 27.7 Å². The molecule has 0 amide bonds. The van der Waals surface area contributed by atoms with Gasteiger partial charge in [-0.2, -0.15) is 0 Å². The van der Waals surface area contributed by atoms with E-state index in [9.17, 15) is 0 Å². The zero-order chi connectivity index (χ0) is 13.5. The number of hydrogen-bond donors (Lipinski definition) is 2. The molecule has 0 fully saturated rings. The lowest BCUT2D eigenvalue weighted by molar-refractivity contribution is 0.698. The van der Waals surface area contributed by atoms with Gasteiger partial charge < -0.3 is 10.6 Å². The lowest BCUT2D eigenvalue weighted by atomic mass is 10.1. The Morgan fingerprint density at radius 1 is 1.42 bits per heavy atom. The highest BCUT2D eigenvalue weighted by Gasteiger charge is 2.03. The molecular formula is C13H20BrClIN3. The van der Waals surface area contributed by atoms with Gasteiger partial charge in [-0.15, -0.1) is 24.0 Å². The Labute approximate surface area is 145 Å². The molecule has 1 aromatic carbocycles. The van der Waals surface area contributed by atoms with Crippen molar-refractivity contribution in [3.05, 3.63) is 33.3 Å². The molecule has 0 radical (unpaired) electrons. The van der Waals surface area contributed by atoms with Gasteiger partial charge in [0.25, 0.3) is 0 Å². The van der Waals surface area contributed by atoms with Crippen LogP contribution in [0.1, 0.15) is 19.4 Å². The molecule has 0 aliphatic rings. The van der Waals surface area contributed by atoms with Crippen molar-refractivity contribution in [2.75, 3.05) is 13.6 Å². The molecule has 0 saturated heterocycles. The maximum absolute atomic E-state index is 5.98. The molecule has 0 bridgehead atoms. The first-order chi connectivity index (χ1) is 8.52. The Balaban J connectivity index is 0.00000324. The second-order valence-electron chi connectivity index (χ2n) is 4.28. The maximum Gasteiger partial charge on any atom is 0.191 e. The summed E-state index contributed by atoms with van der Waals surface area (Å²) in [5, 5.41) is 7.28. The molecule has 1 rings (SSSR count). The summed E-state index contributed by atoms with van der Waals surface area (Å²) in [7, 11) is 1.77. The van der Waals surface area contributed by atoms with Crippen molar-refractivity contribution >= 4 is 57.5 Å². The van der Waals surface area contributed by atoms with E-state index in [1.165, 1.54) is 5.56 Å². The van der Waals surface area contributed by atoms with Crippen LogP contribution in [0.4, 0.5) is 0 Å². The van der Waals surface area contributed by atoms with E-state index >= 15 is 0 Å². The predicted octanol–water partition coefficient (Wildman–Crippen LogP) is 3.84. The second-order valence-corrected chi connectivity index (χ2v) is 5.57. The Morgan fingerprint density at radius 3 is 2.68 bits per heavy atom. The number of guanidine groups is 1. The molecule has 0 saturated carbocycles. The van der Waals surface area contributed by atoms with Crippen LogP contribution in [-0.2, 0) is 6.42 Å². The largest absolute Gasteiger partial charge is 0.356 e. The smallest absolute Gasteiger partial charge is 0.191 e. The van der Waals surface area contributed by atoms with Crippen LogP contribution in [0.25, 0.3) is 0 Å². The Hall–Kier alpha value is -0.0100. The number of hydrogen-bond acceptors (Lipinski definition) is 1. The van der Waals surface area contributed by atoms with E-state index in [-0.39, 0.29) is 24.0 Å². The molecule has 0 atom stereocenters. The van der Waals surface area contributed by atoms with Gasteiger partial charge in [0.05, 0.1) is 0 Å². The molecule has 1 aromatic rings. The normalized spacial score (nSPS) is 11.2. The first-order valence-corrected chi connectivity index (χ1v) is 7.11. The molecule has 0 aromatic heterocycles. The molecule has 0 heterocycles. The molecule has 0 unspecified atom stereocenters. The van der Waals surface area contributed by atoms with E-state index < -0.39 is 0 Å². The lowest BCUT2D eigenvalue weighted by Gasteiger charge is -2.14. The Kier molecular flexibility index (Phi) is 9.82. The maximum atomic E-state index is 5.98. The fraction of sp³-hybridized carbons (Fsp3) is 0.462.